The van der Waals surface area contributed by atoms with Crippen molar-refractivity contribution in [1.82, 2.24) is 10.2 Å². The molecule has 0 aromatic heterocycles. The lowest BCUT2D eigenvalue weighted by atomic mass is 9.75. The Bertz CT molecular complexity index is 299. The lowest BCUT2D eigenvalue weighted by Crippen LogP contribution is -2.54. The fourth-order valence-corrected chi connectivity index (χ4v) is 4.21. The second-order valence-corrected chi connectivity index (χ2v) is 6.69. The minimum atomic E-state index is -0.111. The largest absolute Gasteiger partial charge is 0.339 e. The fourth-order valence-electron chi connectivity index (χ4n) is 4.21. The van der Waals surface area contributed by atoms with Crippen LogP contribution in [-0.4, -0.2) is 36.5 Å². The highest BCUT2D eigenvalue weighted by molar-refractivity contribution is 5.83. The Morgan fingerprint density at radius 1 is 1.20 bits per heavy atom. The van der Waals surface area contributed by atoms with Gasteiger partial charge < -0.3 is 10.2 Å². The Hall–Kier alpha value is -0.570. The van der Waals surface area contributed by atoms with Gasteiger partial charge in [-0.25, -0.2) is 0 Å². The van der Waals surface area contributed by atoms with Gasteiger partial charge in [0.15, 0.2) is 0 Å². The summed E-state index contributed by atoms with van der Waals surface area (Å²) in [5.41, 5.74) is -0.111. The van der Waals surface area contributed by atoms with Crippen LogP contribution in [0.15, 0.2) is 0 Å². The topological polar surface area (TPSA) is 32.3 Å². The van der Waals surface area contributed by atoms with Crippen molar-refractivity contribution in [3.8, 4) is 0 Å². The van der Waals surface area contributed by atoms with Crippen LogP contribution in [0.2, 0.25) is 0 Å². The standard InChI is InChI=1S/C17H32N2O/c1-3-11-17(12-8-13-18-14-17)16(20)19(4-2)15-9-6-5-7-10-15/h15,18H,3-14H2,1-2H3. The second kappa shape index (κ2) is 7.44. The molecule has 0 bridgehead atoms. The number of hydrogen-bond donors (Lipinski definition) is 1. The maximum atomic E-state index is 13.2. The monoisotopic (exact) mass is 280 g/mol. The maximum Gasteiger partial charge on any atom is 0.230 e. The Morgan fingerprint density at radius 3 is 2.50 bits per heavy atom. The van der Waals surface area contributed by atoms with Gasteiger partial charge in [-0.1, -0.05) is 32.6 Å². The van der Waals surface area contributed by atoms with Crippen LogP contribution < -0.4 is 5.32 Å². The molecule has 1 aliphatic carbocycles. The van der Waals surface area contributed by atoms with Gasteiger partial charge in [0, 0.05) is 19.1 Å². The molecule has 116 valence electrons. The maximum absolute atomic E-state index is 13.2. The number of nitrogens with zero attached hydrogens (tertiary/aromatic N) is 1. The van der Waals surface area contributed by atoms with Gasteiger partial charge >= 0.3 is 0 Å². The van der Waals surface area contributed by atoms with E-state index in [4.69, 9.17) is 0 Å². The molecule has 1 heterocycles. The molecule has 1 saturated heterocycles. The van der Waals surface area contributed by atoms with E-state index < -0.39 is 0 Å². The van der Waals surface area contributed by atoms with Gasteiger partial charge in [-0.15, -0.1) is 0 Å². The zero-order valence-electron chi connectivity index (χ0n) is 13.4. The lowest BCUT2D eigenvalue weighted by Gasteiger charge is -2.43. The van der Waals surface area contributed by atoms with Gasteiger partial charge in [-0.3, -0.25) is 4.79 Å². The molecule has 3 heteroatoms. The number of nitrogens with one attached hydrogen (secondary N) is 1. The molecular weight excluding hydrogens is 248 g/mol. The van der Waals surface area contributed by atoms with Gasteiger partial charge in [-0.2, -0.15) is 0 Å². The summed E-state index contributed by atoms with van der Waals surface area (Å²) in [6, 6.07) is 0.511. The van der Waals surface area contributed by atoms with E-state index in [1.54, 1.807) is 0 Å². The summed E-state index contributed by atoms with van der Waals surface area (Å²) in [5, 5.41) is 3.48. The number of carbonyl (C=O) groups is 1. The van der Waals surface area contributed by atoms with E-state index in [0.717, 1.165) is 45.3 Å². The average molecular weight is 280 g/mol. The van der Waals surface area contributed by atoms with E-state index in [9.17, 15) is 4.79 Å². The smallest absolute Gasteiger partial charge is 0.230 e. The van der Waals surface area contributed by atoms with Crippen LogP contribution in [-0.2, 0) is 4.79 Å². The Morgan fingerprint density at radius 2 is 1.95 bits per heavy atom. The van der Waals surface area contributed by atoms with Crippen LogP contribution >= 0.6 is 0 Å². The summed E-state index contributed by atoms with van der Waals surface area (Å²) in [5.74, 6) is 0.445. The zero-order valence-corrected chi connectivity index (χ0v) is 13.4. The third-order valence-corrected chi connectivity index (χ3v) is 5.27. The quantitative estimate of drug-likeness (QED) is 0.837. The molecule has 1 atom stereocenters. The summed E-state index contributed by atoms with van der Waals surface area (Å²) in [7, 11) is 0. The van der Waals surface area contributed by atoms with Crippen molar-refractivity contribution in [1.29, 1.82) is 0 Å². The molecule has 0 aromatic rings. The minimum Gasteiger partial charge on any atom is -0.339 e. The van der Waals surface area contributed by atoms with E-state index in [-0.39, 0.29) is 5.41 Å². The van der Waals surface area contributed by atoms with Crippen LogP contribution in [0.3, 0.4) is 0 Å². The summed E-state index contributed by atoms with van der Waals surface area (Å²) >= 11 is 0. The van der Waals surface area contributed by atoms with Gasteiger partial charge in [0.1, 0.15) is 0 Å². The summed E-state index contributed by atoms with van der Waals surface area (Å²) < 4.78 is 0. The van der Waals surface area contributed by atoms with Crippen molar-refractivity contribution in [3.63, 3.8) is 0 Å². The molecule has 2 aliphatic rings. The van der Waals surface area contributed by atoms with Crippen LogP contribution in [0.5, 0.6) is 0 Å². The molecule has 0 radical (unpaired) electrons. The Kier molecular flexibility index (Phi) is 5.88. The number of piperidine rings is 1. The summed E-state index contributed by atoms with van der Waals surface area (Å²) in [6.45, 7) is 7.22. The first-order valence-electron chi connectivity index (χ1n) is 8.75. The molecule has 3 nitrogen and oxygen atoms in total. The summed E-state index contributed by atoms with van der Waals surface area (Å²) in [6.07, 6.45) is 10.8. The highest BCUT2D eigenvalue weighted by Crippen LogP contribution is 2.36. The van der Waals surface area contributed by atoms with Crippen molar-refractivity contribution in [2.24, 2.45) is 5.41 Å². The third-order valence-electron chi connectivity index (χ3n) is 5.27. The van der Waals surface area contributed by atoms with Gasteiger partial charge in [-0.05, 0) is 45.6 Å². The normalized spacial score (nSPS) is 28.3. The van der Waals surface area contributed by atoms with E-state index in [2.05, 4.69) is 24.1 Å². The lowest BCUT2D eigenvalue weighted by molar-refractivity contribution is -0.146. The van der Waals surface area contributed by atoms with E-state index in [1.807, 2.05) is 0 Å². The number of rotatable bonds is 5. The number of hydrogen-bond acceptors (Lipinski definition) is 2. The van der Waals surface area contributed by atoms with Gasteiger partial charge in [0.05, 0.1) is 5.41 Å². The first-order chi connectivity index (χ1) is 9.73. The first-order valence-corrected chi connectivity index (χ1v) is 8.75. The van der Waals surface area contributed by atoms with Crippen molar-refractivity contribution >= 4 is 5.91 Å². The molecule has 1 amide bonds. The van der Waals surface area contributed by atoms with Crippen molar-refractivity contribution in [3.05, 3.63) is 0 Å². The highest BCUT2D eigenvalue weighted by Gasteiger charge is 2.42. The Balaban J connectivity index is 2.11. The Labute approximate surface area is 124 Å². The minimum absolute atomic E-state index is 0.111. The number of amides is 1. The molecule has 1 N–H and O–H groups in total. The third kappa shape index (κ3) is 3.36. The zero-order chi connectivity index (χ0) is 14.4. The molecule has 2 rings (SSSR count). The fraction of sp³-hybridized carbons (Fsp3) is 0.941. The second-order valence-electron chi connectivity index (χ2n) is 6.69. The van der Waals surface area contributed by atoms with Crippen molar-refractivity contribution in [2.75, 3.05) is 19.6 Å². The summed E-state index contributed by atoms with van der Waals surface area (Å²) in [4.78, 5) is 15.5. The molecule has 0 spiro atoms. The van der Waals surface area contributed by atoms with Gasteiger partial charge in [0.25, 0.3) is 0 Å². The molecule has 1 saturated carbocycles. The van der Waals surface area contributed by atoms with E-state index in [1.165, 1.54) is 32.1 Å². The number of carbonyl (C=O) groups excluding carboxylic acids is 1. The molecule has 2 fully saturated rings. The van der Waals surface area contributed by atoms with Crippen LogP contribution in [0.1, 0.15) is 71.6 Å². The van der Waals surface area contributed by atoms with Gasteiger partial charge in [0.2, 0.25) is 5.91 Å². The van der Waals surface area contributed by atoms with E-state index >= 15 is 0 Å². The van der Waals surface area contributed by atoms with E-state index in [0.29, 0.717) is 11.9 Å². The van der Waals surface area contributed by atoms with Crippen molar-refractivity contribution < 1.29 is 4.79 Å². The van der Waals surface area contributed by atoms with Crippen LogP contribution in [0.4, 0.5) is 0 Å². The SMILES string of the molecule is CCCC1(C(=O)N(CC)C2CCCCC2)CCCNC1. The first kappa shape index (κ1) is 15.8. The molecule has 20 heavy (non-hydrogen) atoms. The van der Waals surface area contributed by atoms with Crippen LogP contribution in [0, 0.1) is 5.41 Å². The molecule has 1 unspecified atom stereocenters. The van der Waals surface area contributed by atoms with Crippen molar-refractivity contribution in [2.45, 2.75) is 77.7 Å². The predicted molar refractivity (Wildman–Crippen MR) is 83.7 cm³/mol. The molecular formula is C17H32N2O. The van der Waals surface area contributed by atoms with Crippen LogP contribution in [0.25, 0.3) is 0 Å². The highest BCUT2D eigenvalue weighted by atomic mass is 16.2. The molecule has 1 aliphatic heterocycles. The molecule has 0 aromatic carbocycles. The predicted octanol–water partition coefficient (Wildman–Crippen LogP) is 3.34. The average Bonchev–Trinajstić information content (AvgIpc) is 2.50.